The molecule has 0 bridgehead atoms. The van der Waals surface area contributed by atoms with E-state index in [4.69, 9.17) is 4.74 Å². The molecule has 1 N–H and O–H groups in total. The number of rotatable bonds is 11. The number of anilines is 1. The topological polar surface area (TPSA) is 47.0 Å². The molecule has 0 atom stereocenters. The smallest absolute Gasteiger partial charge is 0.218 e. The summed E-state index contributed by atoms with van der Waals surface area (Å²) < 4.78 is 5.72. The molecule has 1 heterocycles. The van der Waals surface area contributed by atoms with Gasteiger partial charge in [0, 0.05) is 12.6 Å². The molecule has 0 amide bonds. The highest BCUT2D eigenvalue weighted by atomic mass is 16.5. The molecule has 4 nitrogen and oxygen atoms in total. The van der Waals surface area contributed by atoms with E-state index in [0.29, 0.717) is 5.88 Å². The fourth-order valence-corrected chi connectivity index (χ4v) is 2.02. The third-order valence-corrected chi connectivity index (χ3v) is 3.12. The van der Waals surface area contributed by atoms with Crippen molar-refractivity contribution in [3.05, 3.63) is 11.9 Å². The molecule has 0 radical (unpaired) electrons. The summed E-state index contributed by atoms with van der Waals surface area (Å²) in [5.74, 6) is 2.30. The molecule has 0 fully saturated rings. The summed E-state index contributed by atoms with van der Waals surface area (Å²) in [4.78, 5) is 8.66. The summed E-state index contributed by atoms with van der Waals surface area (Å²) >= 11 is 0. The van der Waals surface area contributed by atoms with Gasteiger partial charge in [0.1, 0.15) is 11.6 Å². The first-order valence-corrected chi connectivity index (χ1v) is 7.98. The number of hydrogen-bond acceptors (Lipinski definition) is 4. The first-order chi connectivity index (χ1) is 9.76. The molecule has 1 aromatic heterocycles. The predicted octanol–water partition coefficient (Wildman–Crippen LogP) is 4.35. The fraction of sp³-hybridized carbons (Fsp3) is 0.750. The Balaban J connectivity index is 2.26. The minimum Gasteiger partial charge on any atom is -0.478 e. The second-order valence-electron chi connectivity index (χ2n) is 5.18. The van der Waals surface area contributed by atoms with Crippen LogP contribution in [0.4, 0.5) is 5.82 Å². The van der Waals surface area contributed by atoms with Gasteiger partial charge in [-0.2, -0.15) is 4.98 Å². The summed E-state index contributed by atoms with van der Waals surface area (Å²) in [5, 5.41) is 3.27. The Hall–Kier alpha value is -1.32. The molecule has 0 saturated carbocycles. The zero-order valence-corrected chi connectivity index (χ0v) is 13.2. The van der Waals surface area contributed by atoms with Crippen LogP contribution in [0.1, 0.15) is 64.6 Å². The zero-order chi connectivity index (χ0) is 14.6. The molecular weight excluding hydrogens is 250 g/mol. The first kappa shape index (κ1) is 16.7. The minimum absolute atomic E-state index is 0.685. The van der Waals surface area contributed by atoms with Crippen molar-refractivity contribution >= 4 is 5.82 Å². The van der Waals surface area contributed by atoms with E-state index in [-0.39, 0.29) is 0 Å². The van der Waals surface area contributed by atoms with E-state index in [2.05, 4.69) is 29.1 Å². The van der Waals surface area contributed by atoms with Crippen molar-refractivity contribution in [2.75, 3.05) is 18.5 Å². The maximum absolute atomic E-state index is 5.72. The number of hydrogen-bond donors (Lipinski definition) is 1. The van der Waals surface area contributed by atoms with Crippen LogP contribution in [-0.2, 0) is 0 Å². The lowest BCUT2D eigenvalue weighted by Gasteiger charge is -2.09. The lowest BCUT2D eigenvalue weighted by atomic mass is 10.1. The fourth-order valence-electron chi connectivity index (χ4n) is 2.02. The monoisotopic (exact) mass is 279 g/mol. The number of aryl methyl sites for hydroxylation is 1. The van der Waals surface area contributed by atoms with E-state index < -0.39 is 0 Å². The van der Waals surface area contributed by atoms with Crippen LogP contribution < -0.4 is 10.1 Å². The standard InChI is InChI=1S/C16H29N3O/c1-4-6-7-8-9-10-12-20-16-13-15(17-11-5-2)18-14(3)19-16/h13H,4-12H2,1-3H3,(H,17,18,19). The highest BCUT2D eigenvalue weighted by Gasteiger charge is 2.02. The predicted molar refractivity (Wildman–Crippen MR) is 84.4 cm³/mol. The highest BCUT2D eigenvalue weighted by Crippen LogP contribution is 2.14. The van der Waals surface area contributed by atoms with Gasteiger partial charge in [-0.3, -0.25) is 0 Å². The van der Waals surface area contributed by atoms with Crippen LogP contribution in [0.15, 0.2) is 6.07 Å². The zero-order valence-electron chi connectivity index (χ0n) is 13.2. The van der Waals surface area contributed by atoms with Crippen molar-refractivity contribution in [1.82, 2.24) is 9.97 Å². The molecule has 20 heavy (non-hydrogen) atoms. The third-order valence-electron chi connectivity index (χ3n) is 3.12. The highest BCUT2D eigenvalue weighted by molar-refractivity contribution is 5.38. The van der Waals surface area contributed by atoms with Gasteiger partial charge in [0.05, 0.1) is 6.61 Å². The Morgan fingerprint density at radius 1 is 1.00 bits per heavy atom. The number of unbranched alkanes of at least 4 members (excludes halogenated alkanes) is 5. The number of ether oxygens (including phenoxy) is 1. The quantitative estimate of drug-likeness (QED) is 0.612. The van der Waals surface area contributed by atoms with Gasteiger partial charge in [0.15, 0.2) is 0 Å². The summed E-state index contributed by atoms with van der Waals surface area (Å²) in [6.45, 7) is 7.94. The molecule has 0 aliphatic carbocycles. The van der Waals surface area contributed by atoms with E-state index in [0.717, 1.165) is 37.6 Å². The van der Waals surface area contributed by atoms with E-state index in [1.807, 2.05) is 13.0 Å². The Kier molecular flexibility index (Phi) is 8.76. The van der Waals surface area contributed by atoms with E-state index >= 15 is 0 Å². The molecule has 0 unspecified atom stereocenters. The Labute approximate surface area is 123 Å². The summed E-state index contributed by atoms with van der Waals surface area (Å²) in [6.07, 6.45) is 8.71. The molecule has 0 aromatic carbocycles. The van der Waals surface area contributed by atoms with Crippen LogP contribution in [0.3, 0.4) is 0 Å². The number of nitrogens with one attached hydrogen (secondary N) is 1. The van der Waals surface area contributed by atoms with Crippen molar-refractivity contribution in [1.29, 1.82) is 0 Å². The molecule has 1 aromatic rings. The van der Waals surface area contributed by atoms with Crippen LogP contribution in [0.25, 0.3) is 0 Å². The van der Waals surface area contributed by atoms with Crippen LogP contribution in [0.2, 0.25) is 0 Å². The molecule has 0 aliphatic rings. The van der Waals surface area contributed by atoms with Crippen molar-refractivity contribution < 1.29 is 4.74 Å². The lowest BCUT2D eigenvalue weighted by Crippen LogP contribution is -2.06. The van der Waals surface area contributed by atoms with Gasteiger partial charge < -0.3 is 10.1 Å². The van der Waals surface area contributed by atoms with Gasteiger partial charge in [-0.15, -0.1) is 0 Å². The van der Waals surface area contributed by atoms with Gasteiger partial charge in [0.25, 0.3) is 0 Å². The van der Waals surface area contributed by atoms with Crippen molar-refractivity contribution in [2.24, 2.45) is 0 Å². The number of nitrogens with zero attached hydrogens (tertiary/aromatic N) is 2. The van der Waals surface area contributed by atoms with Crippen LogP contribution in [-0.4, -0.2) is 23.1 Å². The van der Waals surface area contributed by atoms with Gasteiger partial charge >= 0.3 is 0 Å². The normalized spacial score (nSPS) is 10.6. The molecule has 114 valence electrons. The van der Waals surface area contributed by atoms with Crippen LogP contribution in [0.5, 0.6) is 5.88 Å². The Bertz CT molecular complexity index is 369. The molecule has 1 rings (SSSR count). The van der Waals surface area contributed by atoms with Crippen molar-refractivity contribution in [2.45, 2.75) is 65.7 Å². The second-order valence-corrected chi connectivity index (χ2v) is 5.18. The van der Waals surface area contributed by atoms with Crippen molar-refractivity contribution in [3.63, 3.8) is 0 Å². The maximum atomic E-state index is 5.72. The summed E-state index contributed by atoms with van der Waals surface area (Å²) in [7, 11) is 0. The maximum Gasteiger partial charge on any atom is 0.218 e. The van der Waals surface area contributed by atoms with Gasteiger partial charge in [-0.05, 0) is 19.8 Å². The Morgan fingerprint density at radius 2 is 1.75 bits per heavy atom. The van der Waals surface area contributed by atoms with Crippen LogP contribution in [0, 0.1) is 6.92 Å². The van der Waals surface area contributed by atoms with E-state index in [1.165, 1.54) is 32.1 Å². The average molecular weight is 279 g/mol. The molecule has 0 aliphatic heterocycles. The number of aromatic nitrogens is 2. The lowest BCUT2D eigenvalue weighted by molar-refractivity contribution is 0.292. The summed E-state index contributed by atoms with van der Waals surface area (Å²) in [5.41, 5.74) is 0. The minimum atomic E-state index is 0.685. The second kappa shape index (κ2) is 10.5. The van der Waals surface area contributed by atoms with E-state index in [1.54, 1.807) is 0 Å². The molecule has 4 heteroatoms. The summed E-state index contributed by atoms with van der Waals surface area (Å²) in [6, 6.07) is 1.89. The average Bonchev–Trinajstić information content (AvgIpc) is 2.43. The molecule has 0 saturated heterocycles. The van der Waals surface area contributed by atoms with Crippen molar-refractivity contribution in [3.8, 4) is 5.88 Å². The van der Waals surface area contributed by atoms with Crippen LogP contribution >= 0.6 is 0 Å². The largest absolute Gasteiger partial charge is 0.478 e. The van der Waals surface area contributed by atoms with Gasteiger partial charge in [-0.25, -0.2) is 4.98 Å². The molecule has 0 spiro atoms. The van der Waals surface area contributed by atoms with Gasteiger partial charge in [-0.1, -0.05) is 46.0 Å². The van der Waals surface area contributed by atoms with Gasteiger partial charge in [0.2, 0.25) is 5.88 Å². The molecular formula is C16H29N3O. The first-order valence-electron chi connectivity index (χ1n) is 7.98. The Morgan fingerprint density at radius 3 is 2.50 bits per heavy atom. The SMILES string of the molecule is CCCCCCCCOc1cc(NCCC)nc(C)n1. The van der Waals surface area contributed by atoms with E-state index in [9.17, 15) is 0 Å². The third kappa shape index (κ3) is 7.31.